The number of likely N-dealkylation sites (tertiary alicyclic amines) is 1. The Morgan fingerprint density at radius 3 is 2.12 bits per heavy atom. The summed E-state index contributed by atoms with van der Waals surface area (Å²) in [6.07, 6.45) is 3.12. The number of methoxy groups -OCH3 is 1. The van der Waals surface area contributed by atoms with Crippen LogP contribution in [0.15, 0.2) is 23.8 Å². The van der Waals surface area contributed by atoms with Crippen LogP contribution in [-0.2, 0) is 33.4 Å². The van der Waals surface area contributed by atoms with E-state index in [9.17, 15) is 14.7 Å². The normalized spacial score (nSPS) is 14.2. The second-order valence-corrected chi connectivity index (χ2v) is 13.7. The molecule has 11 heteroatoms. The number of carboxylic acids is 1. The fourth-order valence-electron chi connectivity index (χ4n) is 5.38. The number of aromatic nitrogens is 3. The molecule has 0 radical (unpaired) electrons. The molecule has 2 aromatic heterocycles. The number of aliphatic carboxylic acids is 1. The van der Waals surface area contributed by atoms with E-state index in [0.29, 0.717) is 30.4 Å². The van der Waals surface area contributed by atoms with Crippen LogP contribution < -0.4 is 4.74 Å². The van der Waals surface area contributed by atoms with Crippen molar-refractivity contribution in [1.29, 1.82) is 0 Å². The minimum Gasteiger partial charge on any atom is -0.496 e. The molecule has 0 spiro atoms. The molecule has 1 fully saturated rings. The molecule has 4 rings (SSSR count). The van der Waals surface area contributed by atoms with Gasteiger partial charge in [0.1, 0.15) is 17.3 Å². The SMILES string of the molecule is COc1c(C(C)(C)C)cc(-c2nc(C3CCN(C(=O)Cn4cnc(C)c4CC(=O)O)CC3)cs2)cc1C(C)(C)C.Cl.Cl. The first-order chi connectivity index (χ1) is 18.7. The molecular formula is C31H44Cl2N4O4S. The Morgan fingerprint density at radius 2 is 1.62 bits per heavy atom. The topological polar surface area (TPSA) is 97.5 Å². The van der Waals surface area contributed by atoms with E-state index in [-0.39, 0.29) is 54.5 Å². The number of hydrogen-bond donors (Lipinski definition) is 1. The lowest BCUT2D eigenvalue weighted by Gasteiger charge is -2.31. The van der Waals surface area contributed by atoms with Gasteiger partial charge in [0.2, 0.25) is 5.91 Å². The summed E-state index contributed by atoms with van der Waals surface area (Å²) < 4.78 is 7.60. The number of halogens is 2. The number of ether oxygens (including phenoxy) is 1. The second kappa shape index (κ2) is 13.8. The first-order valence-electron chi connectivity index (χ1n) is 13.9. The molecule has 1 aromatic carbocycles. The molecule has 0 bridgehead atoms. The number of hydrogen-bond acceptors (Lipinski definition) is 6. The lowest BCUT2D eigenvalue weighted by Crippen LogP contribution is -2.40. The van der Waals surface area contributed by atoms with Crippen molar-refractivity contribution >= 4 is 48.0 Å². The van der Waals surface area contributed by atoms with Crippen LogP contribution in [0.1, 0.15) is 88.5 Å². The number of carboxylic acid groups (broad SMARTS) is 1. The summed E-state index contributed by atoms with van der Waals surface area (Å²) in [5.74, 6) is 0.316. The molecule has 1 saturated heterocycles. The largest absolute Gasteiger partial charge is 0.496 e. The van der Waals surface area contributed by atoms with Crippen LogP contribution in [0.25, 0.3) is 10.6 Å². The second-order valence-electron chi connectivity index (χ2n) is 12.8. The highest BCUT2D eigenvalue weighted by atomic mass is 35.5. The molecule has 1 amide bonds. The number of nitrogens with zero attached hydrogens (tertiary/aromatic N) is 4. The quantitative estimate of drug-likeness (QED) is 0.306. The van der Waals surface area contributed by atoms with E-state index in [1.54, 1.807) is 36.3 Å². The first-order valence-corrected chi connectivity index (χ1v) is 14.8. The van der Waals surface area contributed by atoms with Crippen LogP contribution in [0.3, 0.4) is 0 Å². The molecule has 0 aliphatic carbocycles. The van der Waals surface area contributed by atoms with Gasteiger partial charge in [-0.15, -0.1) is 36.2 Å². The van der Waals surface area contributed by atoms with Gasteiger partial charge in [0.05, 0.1) is 36.9 Å². The number of carbonyl (C=O) groups is 2. The molecule has 232 valence electrons. The van der Waals surface area contributed by atoms with Crippen LogP contribution in [0.4, 0.5) is 0 Å². The summed E-state index contributed by atoms with van der Waals surface area (Å²) in [5, 5.41) is 12.4. The molecular weight excluding hydrogens is 595 g/mol. The Kier molecular flexibility index (Phi) is 11.7. The van der Waals surface area contributed by atoms with Gasteiger partial charge in [0.25, 0.3) is 0 Å². The summed E-state index contributed by atoms with van der Waals surface area (Å²) in [5.41, 5.74) is 5.64. The van der Waals surface area contributed by atoms with Gasteiger partial charge < -0.3 is 19.3 Å². The van der Waals surface area contributed by atoms with E-state index < -0.39 is 5.97 Å². The van der Waals surface area contributed by atoms with Gasteiger partial charge in [0.15, 0.2) is 0 Å². The third-order valence-corrected chi connectivity index (χ3v) is 8.63. The molecule has 0 saturated carbocycles. The van der Waals surface area contributed by atoms with Crippen molar-refractivity contribution in [3.8, 4) is 16.3 Å². The Labute approximate surface area is 265 Å². The number of carbonyl (C=O) groups excluding carboxylic acids is 1. The smallest absolute Gasteiger partial charge is 0.309 e. The fraction of sp³-hybridized carbons (Fsp3) is 0.548. The molecule has 1 aliphatic rings. The molecule has 3 heterocycles. The van der Waals surface area contributed by atoms with Crippen molar-refractivity contribution in [3.05, 3.63) is 52.0 Å². The zero-order valence-electron chi connectivity index (χ0n) is 25.8. The van der Waals surface area contributed by atoms with Crippen molar-refractivity contribution in [2.24, 2.45) is 0 Å². The van der Waals surface area contributed by atoms with Crippen molar-refractivity contribution in [2.45, 2.75) is 91.0 Å². The number of piperidine rings is 1. The molecule has 0 unspecified atom stereocenters. The van der Waals surface area contributed by atoms with Crippen LogP contribution in [-0.4, -0.2) is 56.6 Å². The third kappa shape index (κ3) is 7.85. The maximum Gasteiger partial charge on any atom is 0.309 e. The van der Waals surface area contributed by atoms with Crippen LogP contribution >= 0.6 is 36.2 Å². The minimum atomic E-state index is -0.931. The monoisotopic (exact) mass is 638 g/mol. The van der Waals surface area contributed by atoms with E-state index in [4.69, 9.17) is 9.72 Å². The van der Waals surface area contributed by atoms with E-state index >= 15 is 0 Å². The van der Waals surface area contributed by atoms with Gasteiger partial charge in [0, 0.05) is 41.1 Å². The number of benzene rings is 1. The van der Waals surface area contributed by atoms with Crippen LogP contribution in [0.5, 0.6) is 5.75 Å². The Balaban J connectivity index is 0.00000308. The van der Waals surface area contributed by atoms with Crippen molar-refractivity contribution in [1.82, 2.24) is 19.4 Å². The predicted octanol–water partition coefficient (Wildman–Crippen LogP) is 6.80. The number of aryl methyl sites for hydroxylation is 1. The van der Waals surface area contributed by atoms with Gasteiger partial charge in [-0.05, 0) is 42.7 Å². The van der Waals surface area contributed by atoms with Crippen molar-refractivity contribution in [3.63, 3.8) is 0 Å². The lowest BCUT2D eigenvalue weighted by atomic mass is 9.78. The summed E-state index contributed by atoms with van der Waals surface area (Å²) in [4.78, 5) is 35.4. The van der Waals surface area contributed by atoms with E-state index in [1.165, 1.54) is 11.1 Å². The number of amides is 1. The highest BCUT2D eigenvalue weighted by molar-refractivity contribution is 7.13. The maximum absolute atomic E-state index is 13.0. The zero-order chi connectivity index (χ0) is 29.4. The molecule has 1 aliphatic heterocycles. The summed E-state index contributed by atoms with van der Waals surface area (Å²) in [6.45, 7) is 16.5. The average molecular weight is 640 g/mol. The standard InChI is InChI=1S/C31H42N4O4S.2ClH/c1-19-25(15-27(37)38)35(18-32-19)16-26(36)34-11-9-20(10-12-34)24-17-40-29(33-24)21-13-22(30(2,3)4)28(39-8)23(14-21)31(5,6)7;;/h13-14,17-18,20H,9-12,15-16H2,1-8H3,(H,37,38);2*1H. The molecule has 42 heavy (non-hydrogen) atoms. The van der Waals surface area contributed by atoms with Gasteiger partial charge >= 0.3 is 5.97 Å². The van der Waals surface area contributed by atoms with Gasteiger partial charge in [-0.1, -0.05) is 41.5 Å². The van der Waals surface area contributed by atoms with Crippen LogP contribution in [0, 0.1) is 6.92 Å². The number of thiazole rings is 1. The third-order valence-electron chi connectivity index (χ3n) is 7.72. The molecule has 3 aromatic rings. The zero-order valence-corrected chi connectivity index (χ0v) is 28.3. The predicted molar refractivity (Wildman–Crippen MR) is 173 cm³/mol. The molecule has 1 N–H and O–H groups in total. The number of imidazole rings is 1. The van der Waals surface area contributed by atoms with E-state index in [2.05, 4.69) is 64.0 Å². The Bertz CT molecular complexity index is 1360. The summed E-state index contributed by atoms with van der Waals surface area (Å²) in [7, 11) is 1.75. The molecule has 8 nitrogen and oxygen atoms in total. The average Bonchev–Trinajstić information content (AvgIpc) is 3.50. The van der Waals surface area contributed by atoms with E-state index in [1.807, 2.05) is 4.90 Å². The first kappa shape index (κ1) is 35.6. The Morgan fingerprint density at radius 1 is 1.05 bits per heavy atom. The molecule has 0 atom stereocenters. The summed E-state index contributed by atoms with van der Waals surface area (Å²) in [6, 6.07) is 4.46. The minimum absolute atomic E-state index is 0. The number of rotatable bonds is 7. The van der Waals surface area contributed by atoms with Gasteiger partial charge in [-0.3, -0.25) is 9.59 Å². The van der Waals surface area contributed by atoms with Crippen LogP contribution in [0.2, 0.25) is 0 Å². The van der Waals surface area contributed by atoms with Gasteiger partial charge in [-0.25, -0.2) is 9.97 Å². The fourth-order valence-corrected chi connectivity index (χ4v) is 6.27. The summed E-state index contributed by atoms with van der Waals surface area (Å²) >= 11 is 1.68. The highest BCUT2D eigenvalue weighted by Gasteiger charge is 2.30. The highest BCUT2D eigenvalue weighted by Crippen LogP contribution is 2.43. The van der Waals surface area contributed by atoms with Gasteiger partial charge in [-0.2, -0.15) is 0 Å². The van der Waals surface area contributed by atoms with Crippen molar-refractivity contribution in [2.75, 3.05) is 20.2 Å². The van der Waals surface area contributed by atoms with Crippen molar-refractivity contribution < 1.29 is 19.4 Å². The Hall–Kier alpha value is -2.62. The maximum atomic E-state index is 13.0. The van der Waals surface area contributed by atoms with E-state index in [0.717, 1.165) is 34.9 Å². The lowest BCUT2D eigenvalue weighted by molar-refractivity contribution is -0.137.